The topological polar surface area (TPSA) is 98.0 Å². The SMILES string of the molecule is NCc1ccc(F)c(S(=O)(=O)Nc2cccnn2)c1. The van der Waals surface area contributed by atoms with Crippen LogP contribution in [0.25, 0.3) is 0 Å². The highest BCUT2D eigenvalue weighted by atomic mass is 32.2. The molecule has 0 unspecified atom stereocenters. The first kappa shape index (κ1) is 13.4. The number of nitrogens with two attached hydrogens (primary N) is 1. The fraction of sp³-hybridized carbons (Fsp3) is 0.0909. The summed E-state index contributed by atoms with van der Waals surface area (Å²) in [4.78, 5) is -0.471. The van der Waals surface area contributed by atoms with Gasteiger partial charge < -0.3 is 5.73 Å². The van der Waals surface area contributed by atoms with Crippen molar-refractivity contribution in [2.24, 2.45) is 5.73 Å². The number of hydrogen-bond donors (Lipinski definition) is 2. The van der Waals surface area contributed by atoms with Crippen molar-refractivity contribution in [2.75, 3.05) is 4.72 Å². The van der Waals surface area contributed by atoms with Crippen molar-refractivity contribution in [1.82, 2.24) is 10.2 Å². The summed E-state index contributed by atoms with van der Waals surface area (Å²) >= 11 is 0. The monoisotopic (exact) mass is 282 g/mol. The Morgan fingerprint density at radius 1 is 1.32 bits per heavy atom. The van der Waals surface area contributed by atoms with Crippen LogP contribution in [0.4, 0.5) is 10.2 Å². The summed E-state index contributed by atoms with van der Waals surface area (Å²) in [6, 6.07) is 6.60. The second kappa shape index (κ2) is 5.29. The van der Waals surface area contributed by atoms with Gasteiger partial charge in [0, 0.05) is 12.7 Å². The van der Waals surface area contributed by atoms with Gasteiger partial charge in [-0.1, -0.05) is 6.07 Å². The molecule has 0 spiro atoms. The Hall–Kier alpha value is -2.06. The number of rotatable bonds is 4. The van der Waals surface area contributed by atoms with E-state index in [1.165, 1.54) is 30.5 Å². The number of hydrogen-bond acceptors (Lipinski definition) is 5. The van der Waals surface area contributed by atoms with Crippen molar-refractivity contribution >= 4 is 15.8 Å². The molecule has 8 heteroatoms. The molecule has 19 heavy (non-hydrogen) atoms. The van der Waals surface area contributed by atoms with E-state index in [0.717, 1.165) is 6.07 Å². The molecule has 0 fully saturated rings. The van der Waals surface area contributed by atoms with Crippen molar-refractivity contribution in [3.8, 4) is 0 Å². The van der Waals surface area contributed by atoms with Crippen LogP contribution in [-0.2, 0) is 16.6 Å². The van der Waals surface area contributed by atoms with Crippen LogP contribution < -0.4 is 10.5 Å². The maximum atomic E-state index is 13.6. The average Bonchev–Trinajstić information content (AvgIpc) is 2.39. The summed E-state index contributed by atoms with van der Waals surface area (Å²) < 4.78 is 39.8. The fourth-order valence-electron chi connectivity index (χ4n) is 1.43. The molecule has 0 aliphatic rings. The van der Waals surface area contributed by atoms with Crippen LogP contribution in [-0.4, -0.2) is 18.6 Å². The molecule has 0 aliphatic heterocycles. The highest BCUT2D eigenvalue weighted by Crippen LogP contribution is 2.18. The molecule has 6 nitrogen and oxygen atoms in total. The van der Waals surface area contributed by atoms with Crippen LogP contribution in [0.1, 0.15) is 5.56 Å². The molecule has 3 N–H and O–H groups in total. The Morgan fingerprint density at radius 3 is 2.74 bits per heavy atom. The molecule has 100 valence electrons. The number of sulfonamides is 1. The third-order valence-electron chi connectivity index (χ3n) is 2.33. The number of benzene rings is 1. The van der Waals surface area contributed by atoms with Crippen molar-refractivity contribution in [3.63, 3.8) is 0 Å². The molecule has 0 radical (unpaired) electrons. The zero-order valence-electron chi connectivity index (χ0n) is 9.75. The third kappa shape index (κ3) is 3.04. The van der Waals surface area contributed by atoms with E-state index in [2.05, 4.69) is 14.9 Å². The second-order valence-corrected chi connectivity index (χ2v) is 5.33. The van der Waals surface area contributed by atoms with E-state index in [9.17, 15) is 12.8 Å². The van der Waals surface area contributed by atoms with E-state index in [1.807, 2.05) is 0 Å². The number of anilines is 1. The van der Waals surface area contributed by atoms with Gasteiger partial charge >= 0.3 is 0 Å². The normalized spacial score (nSPS) is 11.3. The lowest BCUT2D eigenvalue weighted by molar-refractivity contribution is 0.569. The van der Waals surface area contributed by atoms with E-state index < -0.39 is 20.7 Å². The van der Waals surface area contributed by atoms with Gasteiger partial charge in [0.2, 0.25) is 0 Å². The number of nitrogens with zero attached hydrogens (tertiary/aromatic N) is 2. The van der Waals surface area contributed by atoms with Gasteiger partial charge in [-0.3, -0.25) is 4.72 Å². The van der Waals surface area contributed by atoms with Crippen LogP contribution in [0.3, 0.4) is 0 Å². The molecule has 0 aliphatic carbocycles. The second-order valence-electron chi connectivity index (χ2n) is 3.68. The summed E-state index contributed by atoms with van der Waals surface area (Å²) in [6.45, 7) is 0.119. The fourth-order valence-corrected chi connectivity index (χ4v) is 2.55. The molecule has 2 rings (SSSR count). The minimum atomic E-state index is -4.06. The molecular weight excluding hydrogens is 271 g/mol. The van der Waals surface area contributed by atoms with Gasteiger partial charge in [-0.15, -0.1) is 5.10 Å². The standard InChI is InChI=1S/C11H11FN4O2S/c12-9-4-3-8(7-13)6-10(9)19(17,18)16-11-2-1-5-14-15-11/h1-6H,7,13H2,(H,15,16). The minimum absolute atomic E-state index is 0.0139. The maximum Gasteiger partial charge on any atom is 0.266 e. The summed E-state index contributed by atoms with van der Waals surface area (Å²) in [5.41, 5.74) is 5.92. The summed E-state index contributed by atoms with van der Waals surface area (Å²) in [7, 11) is -4.06. The summed E-state index contributed by atoms with van der Waals surface area (Å²) in [6.07, 6.45) is 1.40. The van der Waals surface area contributed by atoms with Gasteiger partial charge in [-0.05, 0) is 29.8 Å². The first-order valence-corrected chi connectivity index (χ1v) is 6.80. The smallest absolute Gasteiger partial charge is 0.266 e. The minimum Gasteiger partial charge on any atom is -0.326 e. The lowest BCUT2D eigenvalue weighted by Gasteiger charge is -2.08. The van der Waals surface area contributed by atoms with E-state index in [4.69, 9.17) is 5.73 Å². The van der Waals surface area contributed by atoms with Gasteiger partial charge in [0.05, 0.1) is 0 Å². The lowest BCUT2D eigenvalue weighted by atomic mass is 10.2. The molecule has 1 heterocycles. The Morgan fingerprint density at radius 2 is 2.11 bits per heavy atom. The van der Waals surface area contributed by atoms with Gasteiger partial charge in [0.1, 0.15) is 10.7 Å². The molecular formula is C11H11FN4O2S. The van der Waals surface area contributed by atoms with Crippen LogP contribution in [0, 0.1) is 5.82 Å². The number of aromatic nitrogens is 2. The number of nitrogens with one attached hydrogen (secondary N) is 1. The van der Waals surface area contributed by atoms with Crippen molar-refractivity contribution in [1.29, 1.82) is 0 Å². The Bertz CT molecular complexity index is 676. The summed E-state index contributed by atoms with van der Waals surface area (Å²) in [5.74, 6) is -0.839. The van der Waals surface area contributed by atoms with Gasteiger partial charge in [-0.2, -0.15) is 5.10 Å². The van der Waals surface area contributed by atoms with Crippen LogP contribution >= 0.6 is 0 Å². The predicted octanol–water partition coefficient (Wildman–Crippen LogP) is 0.875. The largest absolute Gasteiger partial charge is 0.326 e. The van der Waals surface area contributed by atoms with Crippen LogP contribution in [0.15, 0.2) is 41.4 Å². The average molecular weight is 282 g/mol. The Balaban J connectivity index is 2.39. The lowest BCUT2D eigenvalue weighted by Crippen LogP contribution is -2.16. The van der Waals surface area contributed by atoms with Crippen LogP contribution in [0.5, 0.6) is 0 Å². The molecule has 0 saturated heterocycles. The first-order valence-electron chi connectivity index (χ1n) is 5.32. The maximum absolute atomic E-state index is 13.6. The number of halogens is 1. The van der Waals surface area contributed by atoms with Gasteiger partial charge in [0.25, 0.3) is 10.0 Å². The zero-order valence-corrected chi connectivity index (χ0v) is 10.6. The highest BCUT2D eigenvalue weighted by Gasteiger charge is 2.20. The molecule has 0 bridgehead atoms. The molecule has 1 aromatic heterocycles. The van der Waals surface area contributed by atoms with Crippen molar-refractivity contribution < 1.29 is 12.8 Å². The quantitative estimate of drug-likeness (QED) is 0.867. The van der Waals surface area contributed by atoms with E-state index in [-0.39, 0.29) is 12.4 Å². The van der Waals surface area contributed by atoms with E-state index in [1.54, 1.807) is 0 Å². The van der Waals surface area contributed by atoms with E-state index >= 15 is 0 Å². The van der Waals surface area contributed by atoms with Gasteiger partial charge in [-0.25, -0.2) is 12.8 Å². The van der Waals surface area contributed by atoms with Crippen molar-refractivity contribution in [3.05, 3.63) is 47.9 Å². The molecule has 0 saturated carbocycles. The summed E-state index contributed by atoms with van der Waals surface area (Å²) in [5, 5.41) is 7.10. The molecule has 0 atom stereocenters. The first-order chi connectivity index (χ1) is 9.03. The molecule has 2 aromatic rings. The molecule has 1 aromatic carbocycles. The Labute approximate surface area is 109 Å². The molecule has 0 amide bonds. The van der Waals surface area contributed by atoms with Crippen molar-refractivity contribution in [2.45, 2.75) is 11.4 Å². The predicted molar refractivity (Wildman–Crippen MR) is 67.1 cm³/mol. The zero-order chi connectivity index (χ0) is 13.9. The van der Waals surface area contributed by atoms with Crippen LogP contribution in [0.2, 0.25) is 0 Å². The van der Waals surface area contributed by atoms with Gasteiger partial charge in [0.15, 0.2) is 5.82 Å². The Kier molecular flexibility index (Phi) is 3.72. The highest BCUT2D eigenvalue weighted by molar-refractivity contribution is 7.92. The van der Waals surface area contributed by atoms with E-state index in [0.29, 0.717) is 5.56 Å². The third-order valence-corrected chi connectivity index (χ3v) is 3.70.